The van der Waals surface area contributed by atoms with Crippen LogP contribution in [0.15, 0.2) is 36.5 Å². The van der Waals surface area contributed by atoms with Crippen LogP contribution in [-0.4, -0.2) is 96.0 Å². The van der Waals surface area contributed by atoms with Crippen molar-refractivity contribution in [2.24, 2.45) is 0 Å². The summed E-state index contributed by atoms with van der Waals surface area (Å²) >= 11 is 0. The van der Waals surface area contributed by atoms with Crippen LogP contribution in [0.5, 0.6) is 0 Å². The molecule has 6 atom stereocenters. The third-order valence-corrected chi connectivity index (χ3v) is 10.9. The van der Waals surface area contributed by atoms with E-state index in [9.17, 15) is 37.9 Å². The molecule has 0 radical (unpaired) electrons. The number of esters is 2. The predicted molar refractivity (Wildman–Crippen MR) is 229 cm³/mol. The van der Waals surface area contributed by atoms with Gasteiger partial charge in [0.05, 0.1) is 6.61 Å². The summed E-state index contributed by atoms with van der Waals surface area (Å²) in [6.45, 7) is 3.71. The quantitative estimate of drug-likeness (QED) is 0.0202. The van der Waals surface area contributed by atoms with Crippen molar-refractivity contribution in [3.63, 3.8) is 0 Å². The molecule has 1 unspecified atom stereocenters. The molecule has 58 heavy (non-hydrogen) atoms. The number of aliphatic hydroxyl groups excluding tert-OH is 3. The molecule has 4 N–H and O–H groups in total. The predicted octanol–water partition coefficient (Wildman–Crippen LogP) is 9.00. The van der Waals surface area contributed by atoms with Crippen LogP contribution in [0.1, 0.15) is 181 Å². The second-order valence-electron chi connectivity index (χ2n) is 15.7. The summed E-state index contributed by atoms with van der Waals surface area (Å²) in [5.74, 6) is -2.04. The van der Waals surface area contributed by atoms with E-state index in [1.165, 1.54) is 77.0 Å². The third kappa shape index (κ3) is 30.0. The van der Waals surface area contributed by atoms with E-state index in [0.717, 1.165) is 64.2 Å². The number of hydrogen-bond acceptors (Lipinski definition) is 11. The van der Waals surface area contributed by atoms with Gasteiger partial charge in [-0.05, 0) is 70.6 Å². The van der Waals surface area contributed by atoms with Crippen molar-refractivity contribution < 1.29 is 56.8 Å². The van der Waals surface area contributed by atoms with Crippen LogP contribution in [0.3, 0.4) is 0 Å². The summed E-state index contributed by atoms with van der Waals surface area (Å²) in [5.41, 5.74) is 0. The number of rotatable bonds is 37. The highest BCUT2D eigenvalue weighted by molar-refractivity contribution is 7.85. The topological polar surface area (TPSA) is 186 Å². The molecule has 0 aromatic heterocycles. The van der Waals surface area contributed by atoms with Gasteiger partial charge in [0.15, 0.2) is 12.4 Å². The van der Waals surface area contributed by atoms with Crippen LogP contribution in [0.2, 0.25) is 0 Å². The zero-order valence-corrected chi connectivity index (χ0v) is 36.7. The Hall–Kier alpha value is -2.13. The lowest BCUT2D eigenvalue weighted by atomic mass is 10.00. The second-order valence-corrected chi connectivity index (χ2v) is 17.2. The van der Waals surface area contributed by atoms with E-state index >= 15 is 0 Å². The van der Waals surface area contributed by atoms with E-state index in [0.29, 0.717) is 12.8 Å². The lowest BCUT2D eigenvalue weighted by Gasteiger charge is -2.40. The number of carbonyl (C=O) groups is 2. The molecule has 0 spiro atoms. The van der Waals surface area contributed by atoms with Gasteiger partial charge in [-0.15, -0.1) is 0 Å². The average Bonchev–Trinajstić information content (AvgIpc) is 3.18. The number of unbranched alkanes of at least 4 members (excludes halogenated alkanes) is 19. The smallest absolute Gasteiger partial charge is 0.306 e. The molecule has 1 aliphatic rings. The Morgan fingerprint density at radius 2 is 1.03 bits per heavy atom. The standard InChI is InChI=1S/C45H80O12S/c1-3-5-7-9-11-13-15-17-19-21-23-25-27-29-31-33-40(46)54-35-38(36-55-45-44(50)43(49)42(48)39(57-45)37-58(51,52)53)56-41(47)34-32-30-28-26-24-22-20-18-16-14-12-10-8-6-4-2/h17-20,24,26,38-39,42-45,48-50H,3-16,21-23,25,27-37H2,1-2H3,(H,51,52,53)/b19-17-,20-18-,26-24-/t38?,39-,42-,43+,44-,45+/m1/s1. The molecule has 338 valence electrons. The molecule has 13 heteroatoms. The summed E-state index contributed by atoms with van der Waals surface area (Å²) in [7, 11) is -4.61. The SMILES string of the molecule is CCCCCCCC/C=C\C/C=C\CCCCC(=O)OC(COC(=O)CCCCCCC/C=C\CCCCCCCC)CO[C@H]1O[C@H](CS(=O)(=O)O)[C@@H](O)[C@H](O)[C@H]1O. The van der Waals surface area contributed by atoms with Crippen molar-refractivity contribution in [3.8, 4) is 0 Å². The molecular formula is C45H80O12S. The number of aliphatic hydroxyl groups is 3. The molecule has 0 amide bonds. The summed E-state index contributed by atoms with van der Waals surface area (Å²) in [5, 5.41) is 30.9. The van der Waals surface area contributed by atoms with Crippen molar-refractivity contribution in [3.05, 3.63) is 36.5 Å². The second kappa shape index (κ2) is 35.6. The zero-order chi connectivity index (χ0) is 42.7. The maximum Gasteiger partial charge on any atom is 0.306 e. The fourth-order valence-electron chi connectivity index (χ4n) is 6.64. The highest BCUT2D eigenvalue weighted by Crippen LogP contribution is 2.24. The van der Waals surface area contributed by atoms with Gasteiger partial charge in [-0.3, -0.25) is 14.1 Å². The van der Waals surface area contributed by atoms with E-state index < -0.39 is 71.2 Å². The van der Waals surface area contributed by atoms with Crippen LogP contribution in [0.25, 0.3) is 0 Å². The minimum absolute atomic E-state index is 0.120. The van der Waals surface area contributed by atoms with Gasteiger partial charge in [-0.25, -0.2) is 0 Å². The largest absolute Gasteiger partial charge is 0.462 e. The Morgan fingerprint density at radius 3 is 1.57 bits per heavy atom. The maximum atomic E-state index is 12.8. The van der Waals surface area contributed by atoms with Crippen molar-refractivity contribution in [1.82, 2.24) is 0 Å². The molecule has 12 nitrogen and oxygen atoms in total. The summed E-state index contributed by atoms with van der Waals surface area (Å²) in [4.78, 5) is 25.4. The van der Waals surface area contributed by atoms with Crippen molar-refractivity contribution in [2.75, 3.05) is 19.0 Å². The molecule has 0 saturated carbocycles. The van der Waals surface area contributed by atoms with Crippen LogP contribution >= 0.6 is 0 Å². The molecule has 0 aromatic rings. The van der Waals surface area contributed by atoms with Crippen molar-refractivity contribution >= 4 is 22.1 Å². The maximum absolute atomic E-state index is 12.8. The molecule has 1 rings (SSSR count). The number of carbonyl (C=O) groups excluding carboxylic acids is 2. The zero-order valence-electron chi connectivity index (χ0n) is 35.9. The van der Waals surface area contributed by atoms with Gasteiger partial charge < -0.3 is 34.3 Å². The minimum Gasteiger partial charge on any atom is -0.462 e. The van der Waals surface area contributed by atoms with E-state index in [1.807, 2.05) is 0 Å². The first-order chi connectivity index (χ1) is 28.0. The minimum atomic E-state index is -4.61. The monoisotopic (exact) mass is 845 g/mol. The van der Waals surface area contributed by atoms with Gasteiger partial charge in [0.2, 0.25) is 0 Å². The van der Waals surface area contributed by atoms with Gasteiger partial charge >= 0.3 is 11.9 Å². The number of ether oxygens (including phenoxy) is 4. The molecule has 0 bridgehead atoms. The molecule has 1 aliphatic heterocycles. The summed E-state index contributed by atoms with van der Waals surface area (Å²) < 4.78 is 54.0. The third-order valence-electron chi connectivity index (χ3n) is 10.2. The Kier molecular flexibility index (Phi) is 33.1. The van der Waals surface area contributed by atoms with E-state index in [1.54, 1.807) is 0 Å². The van der Waals surface area contributed by atoms with Crippen LogP contribution < -0.4 is 0 Å². The van der Waals surface area contributed by atoms with Crippen LogP contribution in [0, 0.1) is 0 Å². The van der Waals surface area contributed by atoms with Crippen molar-refractivity contribution in [2.45, 2.75) is 218 Å². The highest BCUT2D eigenvalue weighted by atomic mass is 32.2. The summed E-state index contributed by atoms with van der Waals surface area (Å²) in [6, 6.07) is 0. The molecule has 1 heterocycles. The first kappa shape index (κ1) is 53.9. The van der Waals surface area contributed by atoms with Gasteiger partial charge in [0.1, 0.15) is 36.8 Å². The fourth-order valence-corrected chi connectivity index (χ4v) is 7.33. The molecule has 1 saturated heterocycles. The molecule has 0 aliphatic carbocycles. The average molecular weight is 845 g/mol. The van der Waals surface area contributed by atoms with E-state index in [2.05, 4.69) is 50.3 Å². The van der Waals surface area contributed by atoms with Gasteiger partial charge in [0, 0.05) is 12.8 Å². The van der Waals surface area contributed by atoms with E-state index in [4.69, 9.17) is 18.9 Å². The normalized spacial score (nSPS) is 20.7. The molecular weight excluding hydrogens is 765 g/mol. The van der Waals surface area contributed by atoms with Gasteiger partial charge in [-0.2, -0.15) is 8.42 Å². The Balaban J connectivity index is 2.49. The Bertz CT molecular complexity index is 1220. The van der Waals surface area contributed by atoms with Crippen molar-refractivity contribution in [1.29, 1.82) is 0 Å². The first-order valence-corrected chi connectivity index (χ1v) is 24.2. The Labute approximate surface area is 351 Å². The molecule has 1 fully saturated rings. The fraction of sp³-hybridized carbons (Fsp3) is 0.822. The lowest BCUT2D eigenvalue weighted by Crippen LogP contribution is -2.60. The first-order valence-electron chi connectivity index (χ1n) is 22.5. The summed E-state index contributed by atoms with van der Waals surface area (Å²) in [6.07, 6.45) is 30.5. The lowest BCUT2D eigenvalue weighted by molar-refractivity contribution is -0.297. The molecule has 0 aromatic carbocycles. The Morgan fingerprint density at radius 1 is 0.586 bits per heavy atom. The number of allylic oxidation sites excluding steroid dienone is 6. The van der Waals surface area contributed by atoms with Crippen LogP contribution in [0.4, 0.5) is 0 Å². The van der Waals surface area contributed by atoms with E-state index in [-0.39, 0.29) is 19.4 Å². The highest BCUT2D eigenvalue weighted by Gasteiger charge is 2.46. The van der Waals surface area contributed by atoms with Gasteiger partial charge in [-0.1, -0.05) is 134 Å². The van der Waals surface area contributed by atoms with Crippen LogP contribution in [-0.2, 0) is 38.7 Å². The van der Waals surface area contributed by atoms with Gasteiger partial charge in [0.25, 0.3) is 10.1 Å². The number of hydrogen-bond donors (Lipinski definition) is 4.